The van der Waals surface area contributed by atoms with Crippen LogP contribution in [-0.2, 0) is 11.3 Å². The van der Waals surface area contributed by atoms with Gasteiger partial charge in [-0.15, -0.1) is 0 Å². The number of hydrogen-bond donors (Lipinski definition) is 1. The van der Waals surface area contributed by atoms with Crippen molar-refractivity contribution < 1.29 is 9.59 Å². The molecule has 0 unspecified atom stereocenters. The van der Waals surface area contributed by atoms with E-state index >= 15 is 0 Å². The summed E-state index contributed by atoms with van der Waals surface area (Å²) in [4.78, 5) is 29.7. The normalized spacial score (nSPS) is 13.1. The number of carbonyl (C=O) groups excluding carboxylic acids is 2. The van der Waals surface area contributed by atoms with E-state index in [4.69, 9.17) is 5.73 Å². The Labute approximate surface area is 150 Å². The van der Waals surface area contributed by atoms with E-state index in [2.05, 4.69) is 23.7 Å². The molecule has 0 radical (unpaired) electrons. The molecule has 2 N–H and O–H groups in total. The first-order valence-corrected chi connectivity index (χ1v) is 8.27. The second-order valence-electron chi connectivity index (χ2n) is 6.40. The Morgan fingerprint density at radius 3 is 2.73 bits per heavy atom. The Morgan fingerprint density at radius 2 is 2.00 bits per heavy atom. The minimum Gasteiger partial charge on any atom is -0.366 e. The van der Waals surface area contributed by atoms with Crippen molar-refractivity contribution >= 4 is 22.6 Å². The van der Waals surface area contributed by atoms with Crippen LogP contribution in [-0.4, -0.2) is 28.2 Å². The fourth-order valence-electron chi connectivity index (χ4n) is 3.33. The van der Waals surface area contributed by atoms with Gasteiger partial charge in [-0.05, 0) is 40.1 Å². The number of rotatable bonds is 4. The second-order valence-corrected chi connectivity index (χ2v) is 6.40. The summed E-state index contributed by atoms with van der Waals surface area (Å²) in [6.45, 7) is 4.24. The zero-order chi connectivity index (χ0) is 18.3. The van der Waals surface area contributed by atoms with Gasteiger partial charge in [-0.25, -0.2) is 0 Å². The van der Waals surface area contributed by atoms with Crippen molar-refractivity contribution in [1.29, 1.82) is 0 Å². The highest BCUT2D eigenvalue weighted by atomic mass is 16.2. The predicted molar refractivity (Wildman–Crippen MR) is 100 cm³/mol. The highest BCUT2D eigenvalue weighted by molar-refractivity contribution is 6.05. The van der Waals surface area contributed by atoms with E-state index in [0.717, 1.165) is 27.5 Å². The SMILES string of the molecule is C=C(CN1Cc2c(ccc3ccc(-c4cccnc4)cc23)C1=O)C(N)=O. The molecule has 2 amide bonds. The minimum atomic E-state index is -0.586. The second kappa shape index (κ2) is 6.11. The summed E-state index contributed by atoms with van der Waals surface area (Å²) in [5, 5.41) is 2.10. The average molecular weight is 343 g/mol. The Bertz CT molecular complexity index is 1060. The van der Waals surface area contributed by atoms with Crippen LogP contribution >= 0.6 is 0 Å². The molecule has 1 aliphatic heterocycles. The molecule has 26 heavy (non-hydrogen) atoms. The van der Waals surface area contributed by atoms with Gasteiger partial charge in [0.1, 0.15) is 0 Å². The highest BCUT2D eigenvalue weighted by Gasteiger charge is 2.29. The predicted octanol–water partition coefficient (Wildman–Crippen LogP) is 2.90. The fourth-order valence-corrected chi connectivity index (χ4v) is 3.33. The molecule has 0 saturated heterocycles. The summed E-state index contributed by atoms with van der Waals surface area (Å²) < 4.78 is 0. The van der Waals surface area contributed by atoms with Crippen LogP contribution in [0.2, 0.25) is 0 Å². The summed E-state index contributed by atoms with van der Waals surface area (Å²) >= 11 is 0. The lowest BCUT2D eigenvalue weighted by molar-refractivity contribution is -0.114. The highest BCUT2D eigenvalue weighted by Crippen LogP contribution is 2.33. The van der Waals surface area contributed by atoms with E-state index in [-0.39, 0.29) is 18.0 Å². The van der Waals surface area contributed by atoms with Crippen LogP contribution in [0, 0.1) is 0 Å². The molecule has 5 nitrogen and oxygen atoms in total. The maximum absolute atomic E-state index is 12.7. The Hall–Kier alpha value is -3.47. The molecule has 0 spiro atoms. The van der Waals surface area contributed by atoms with Gasteiger partial charge < -0.3 is 10.6 Å². The molecular weight excluding hydrogens is 326 g/mol. The van der Waals surface area contributed by atoms with E-state index in [9.17, 15) is 9.59 Å². The van der Waals surface area contributed by atoms with Crippen molar-refractivity contribution in [3.63, 3.8) is 0 Å². The van der Waals surface area contributed by atoms with Crippen molar-refractivity contribution in [2.75, 3.05) is 6.54 Å². The molecule has 1 aromatic heterocycles. The summed E-state index contributed by atoms with van der Waals surface area (Å²) in [6, 6.07) is 13.9. The van der Waals surface area contributed by atoms with Gasteiger partial charge in [-0.2, -0.15) is 0 Å². The van der Waals surface area contributed by atoms with Gasteiger partial charge in [0.2, 0.25) is 5.91 Å². The van der Waals surface area contributed by atoms with E-state index < -0.39 is 5.91 Å². The summed E-state index contributed by atoms with van der Waals surface area (Å²) in [5.41, 5.74) is 9.19. The van der Waals surface area contributed by atoms with Crippen LogP contribution in [0.4, 0.5) is 0 Å². The van der Waals surface area contributed by atoms with Crippen molar-refractivity contribution in [2.45, 2.75) is 6.54 Å². The van der Waals surface area contributed by atoms with E-state index in [1.807, 2.05) is 36.5 Å². The first-order chi connectivity index (χ1) is 12.5. The lowest BCUT2D eigenvalue weighted by Crippen LogP contribution is -2.30. The molecule has 0 saturated carbocycles. The number of pyridine rings is 1. The Balaban J connectivity index is 1.77. The quantitative estimate of drug-likeness (QED) is 0.740. The van der Waals surface area contributed by atoms with Crippen LogP contribution in [0.1, 0.15) is 15.9 Å². The van der Waals surface area contributed by atoms with E-state index in [1.54, 1.807) is 11.1 Å². The lowest BCUT2D eigenvalue weighted by Gasteiger charge is -2.15. The van der Waals surface area contributed by atoms with Crippen LogP contribution in [0.15, 0.2) is 67.0 Å². The molecule has 5 heteroatoms. The number of aromatic nitrogens is 1. The van der Waals surface area contributed by atoms with Crippen molar-refractivity contribution in [3.8, 4) is 11.1 Å². The average Bonchev–Trinajstić information content (AvgIpc) is 2.98. The van der Waals surface area contributed by atoms with Crippen LogP contribution in [0.3, 0.4) is 0 Å². The molecule has 0 bridgehead atoms. The van der Waals surface area contributed by atoms with Crippen LogP contribution in [0.25, 0.3) is 21.9 Å². The summed E-state index contributed by atoms with van der Waals surface area (Å²) in [5.74, 6) is -0.687. The number of primary amides is 1. The third kappa shape index (κ3) is 2.63. The van der Waals surface area contributed by atoms with Crippen molar-refractivity contribution in [2.24, 2.45) is 5.73 Å². The molecule has 0 aliphatic carbocycles. The molecule has 3 aromatic rings. The van der Waals surface area contributed by atoms with E-state index in [0.29, 0.717) is 12.1 Å². The van der Waals surface area contributed by atoms with Gasteiger partial charge in [-0.1, -0.05) is 30.8 Å². The standard InChI is InChI=1S/C21H17N3O2/c1-13(20(22)25)11-24-12-19-17(21(24)26)7-6-14-4-5-15(9-18(14)19)16-3-2-8-23-10-16/h2-10H,1,11-12H2,(H2,22,25). The maximum atomic E-state index is 12.7. The maximum Gasteiger partial charge on any atom is 0.254 e. The summed E-state index contributed by atoms with van der Waals surface area (Å²) in [6.07, 6.45) is 3.56. The van der Waals surface area contributed by atoms with E-state index in [1.165, 1.54) is 0 Å². The monoisotopic (exact) mass is 343 g/mol. The molecule has 2 heterocycles. The number of fused-ring (bicyclic) bond motifs is 3. The lowest BCUT2D eigenvalue weighted by atomic mass is 9.97. The Morgan fingerprint density at radius 1 is 1.19 bits per heavy atom. The number of amides is 2. The fraction of sp³-hybridized carbons (Fsp3) is 0.0952. The Kier molecular flexibility index (Phi) is 3.77. The molecule has 0 atom stereocenters. The summed E-state index contributed by atoms with van der Waals surface area (Å²) in [7, 11) is 0. The van der Waals surface area contributed by atoms with Gasteiger partial charge in [-0.3, -0.25) is 14.6 Å². The molecular formula is C21H17N3O2. The number of hydrogen-bond acceptors (Lipinski definition) is 3. The molecule has 2 aromatic carbocycles. The van der Waals surface area contributed by atoms with Gasteiger partial charge in [0.05, 0.1) is 6.54 Å². The number of benzene rings is 2. The minimum absolute atomic E-state index is 0.101. The molecule has 128 valence electrons. The van der Waals surface area contributed by atoms with Gasteiger partial charge in [0, 0.05) is 35.6 Å². The third-order valence-corrected chi connectivity index (χ3v) is 4.72. The molecule has 1 aliphatic rings. The smallest absolute Gasteiger partial charge is 0.254 e. The zero-order valence-corrected chi connectivity index (χ0v) is 14.1. The van der Waals surface area contributed by atoms with Crippen LogP contribution in [0.5, 0.6) is 0 Å². The van der Waals surface area contributed by atoms with Gasteiger partial charge in [0.25, 0.3) is 5.91 Å². The topological polar surface area (TPSA) is 76.3 Å². The number of carbonyl (C=O) groups is 2. The van der Waals surface area contributed by atoms with Crippen molar-refractivity contribution in [3.05, 3.63) is 78.1 Å². The largest absolute Gasteiger partial charge is 0.366 e. The first-order valence-electron chi connectivity index (χ1n) is 8.27. The molecule has 4 rings (SSSR count). The van der Waals surface area contributed by atoms with Gasteiger partial charge >= 0.3 is 0 Å². The van der Waals surface area contributed by atoms with Crippen molar-refractivity contribution in [1.82, 2.24) is 9.88 Å². The molecule has 0 fully saturated rings. The number of nitrogens with zero attached hydrogens (tertiary/aromatic N) is 2. The van der Waals surface area contributed by atoms with Crippen LogP contribution < -0.4 is 5.73 Å². The number of nitrogens with two attached hydrogens (primary N) is 1. The first kappa shape index (κ1) is 16.0. The van der Waals surface area contributed by atoms with Gasteiger partial charge in [0.15, 0.2) is 0 Å². The zero-order valence-electron chi connectivity index (χ0n) is 14.1. The third-order valence-electron chi connectivity index (χ3n) is 4.72.